The molecular formula is C20H35NO3Si. The van der Waals surface area contributed by atoms with Gasteiger partial charge in [0.25, 0.3) is 0 Å². The Morgan fingerprint density at radius 1 is 1.08 bits per heavy atom. The molecule has 142 valence electrons. The molecule has 5 heteroatoms. The summed E-state index contributed by atoms with van der Waals surface area (Å²) in [4.78, 5) is 12.2. The van der Waals surface area contributed by atoms with Gasteiger partial charge >= 0.3 is 6.09 Å². The second-order valence-corrected chi connectivity index (χ2v) is 13.9. The molecule has 1 amide bonds. The Kier molecular flexibility index (Phi) is 7.26. The van der Waals surface area contributed by atoms with Crippen molar-refractivity contribution >= 4 is 14.4 Å². The standard InChI is InChI=1S/C20H35NO3Si/c1-19(2,3)24-18(22)21-17(14-16-12-10-9-11-13-16)15-23-25(7,8)20(4,5)6/h9-13,17H,14-15H2,1-8H3,(H,21,22)/t17-/m1/s1. The zero-order valence-electron chi connectivity index (χ0n) is 17.1. The van der Waals surface area contributed by atoms with E-state index in [1.165, 1.54) is 5.56 Å². The van der Waals surface area contributed by atoms with E-state index in [4.69, 9.17) is 9.16 Å². The van der Waals surface area contributed by atoms with Crippen LogP contribution in [0.1, 0.15) is 47.1 Å². The number of benzene rings is 1. The van der Waals surface area contributed by atoms with Crippen LogP contribution in [0.15, 0.2) is 30.3 Å². The highest BCUT2D eigenvalue weighted by Crippen LogP contribution is 2.36. The third-order valence-corrected chi connectivity index (χ3v) is 9.00. The molecule has 0 unspecified atom stereocenters. The molecule has 1 aromatic rings. The summed E-state index contributed by atoms with van der Waals surface area (Å²) in [6.45, 7) is 17.2. The molecule has 0 heterocycles. The Labute approximate surface area is 154 Å². The van der Waals surface area contributed by atoms with Gasteiger partial charge in [-0.25, -0.2) is 4.79 Å². The number of nitrogens with one attached hydrogen (secondary N) is 1. The molecule has 4 nitrogen and oxygen atoms in total. The molecule has 0 aromatic heterocycles. The molecule has 0 radical (unpaired) electrons. The van der Waals surface area contributed by atoms with E-state index in [0.29, 0.717) is 13.0 Å². The van der Waals surface area contributed by atoms with Gasteiger partial charge in [0.2, 0.25) is 0 Å². The van der Waals surface area contributed by atoms with E-state index in [-0.39, 0.29) is 11.1 Å². The molecule has 0 aliphatic rings. The zero-order chi connectivity index (χ0) is 19.3. The Morgan fingerprint density at radius 3 is 2.12 bits per heavy atom. The van der Waals surface area contributed by atoms with Crippen molar-refractivity contribution in [2.24, 2.45) is 0 Å². The first-order valence-electron chi connectivity index (χ1n) is 8.97. The molecule has 0 saturated carbocycles. The average molecular weight is 366 g/mol. The van der Waals surface area contributed by atoms with Crippen LogP contribution in [0.4, 0.5) is 4.79 Å². The smallest absolute Gasteiger partial charge is 0.407 e. The molecule has 0 fully saturated rings. The Hall–Kier alpha value is -1.33. The highest BCUT2D eigenvalue weighted by molar-refractivity contribution is 6.74. The van der Waals surface area contributed by atoms with Crippen LogP contribution in [0.2, 0.25) is 18.1 Å². The number of alkyl carbamates (subject to hydrolysis) is 1. The first kappa shape index (κ1) is 21.7. The second kappa shape index (κ2) is 8.36. The molecule has 1 aromatic carbocycles. The van der Waals surface area contributed by atoms with Crippen LogP contribution >= 0.6 is 0 Å². The average Bonchev–Trinajstić information content (AvgIpc) is 2.42. The van der Waals surface area contributed by atoms with Gasteiger partial charge in [0.05, 0.1) is 12.6 Å². The molecule has 0 bridgehead atoms. The van der Waals surface area contributed by atoms with Gasteiger partial charge in [0.15, 0.2) is 8.32 Å². The van der Waals surface area contributed by atoms with E-state index in [1.54, 1.807) is 0 Å². The Balaban J connectivity index is 2.79. The van der Waals surface area contributed by atoms with Gasteiger partial charge < -0.3 is 14.5 Å². The molecular weight excluding hydrogens is 330 g/mol. The first-order valence-corrected chi connectivity index (χ1v) is 11.9. The summed E-state index contributed by atoms with van der Waals surface area (Å²) in [5.74, 6) is 0. The highest BCUT2D eigenvalue weighted by atomic mass is 28.4. The molecule has 0 aliphatic heterocycles. The lowest BCUT2D eigenvalue weighted by atomic mass is 10.1. The van der Waals surface area contributed by atoms with E-state index in [9.17, 15) is 4.79 Å². The Bertz CT molecular complexity index is 544. The van der Waals surface area contributed by atoms with Gasteiger partial charge in [-0.2, -0.15) is 0 Å². The molecule has 0 spiro atoms. The lowest BCUT2D eigenvalue weighted by Gasteiger charge is -2.37. The third kappa shape index (κ3) is 8.06. The minimum atomic E-state index is -1.87. The predicted octanol–water partition coefficient (Wildman–Crippen LogP) is 5.14. The summed E-state index contributed by atoms with van der Waals surface area (Å²) in [7, 11) is -1.87. The largest absolute Gasteiger partial charge is 0.444 e. The molecule has 0 saturated heterocycles. The minimum absolute atomic E-state index is 0.119. The highest BCUT2D eigenvalue weighted by Gasteiger charge is 2.37. The van der Waals surface area contributed by atoms with Crippen LogP contribution in [0.25, 0.3) is 0 Å². The third-order valence-electron chi connectivity index (χ3n) is 4.50. The number of amides is 1. The van der Waals surface area contributed by atoms with Gasteiger partial charge in [-0.1, -0.05) is 51.1 Å². The van der Waals surface area contributed by atoms with Gasteiger partial charge in [-0.3, -0.25) is 0 Å². The fourth-order valence-corrected chi connectivity index (χ4v) is 3.10. The minimum Gasteiger partial charge on any atom is -0.444 e. The fourth-order valence-electron chi connectivity index (χ4n) is 2.05. The van der Waals surface area contributed by atoms with E-state index in [1.807, 2.05) is 39.0 Å². The maximum atomic E-state index is 12.2. The van der Waals surface area contributed by atoms with Crippen LogP contribution in [-0.2, 0) is 15.6 Å². The van der Waals surface area contributed by atoms with E-state index >= 15 is 0 Å². The predicted molar refractivity (Wildman–Crippen MR) is 106 cm³/mol. The zero-order valence-corrected chi connectivity index (χ0v) is 18.1. The van der Waals surface area contributed by atoms with Crippen LogP contribution < -0.4 is 5.32 Å². The SMILES string of the molecule is CC(C)(C)OC(=O)N[C@@H](CO[Si](C)(C)C(C)(C)C)Cc1ccccc1. The molecule has 1 atom stereocenters. The number of carbonyl (C=O) groups excluding carboxylic acids is 1. The van der Waals surface area contributed by atoms with Gasteiger partial charge in [-0.05, 0) is 50.9 Å². The second-order valence-electron chi connectivity index (χ2n) is 9.10. The van der Waals surface area contributed by atoms with Crippen molar-refractivity contribution in [3.63, 3.8) is 0 Å². The maximum Gasteiger partial charge on any atom is 0.407 e. The van der Waals surface area contributed by atoms with Crippen LogP contribution in [0, 0.1) is 0 Å². The number of ether oxygens (including phenoxy) is 1. The van der Waals surface area contributed by atoms with Crippen LogP contribution in [0.5, 0.6) is 0 Å². The number of carbonyl (C=O) groups is 1. The van der Waals surface area contributed by atoms with Crippen molar-refractivity contribution in [3.8, 4) is 0 Å². The summed E-state index contributed by atoms with van der Waals surface area (Å²) in [5.41, 5.74) is 0.657. The summed E-state index contributed by atoms with van der Waals surface area (Å²) in [6.07, 6.45) is 0.321. The fraction of sp³-hybridized carbons (Fsp3) is 0.650. The molecule has 1 rings (SSSR count). The molecule has 1 N–H and O–H groups in total. The summed E-state index contributed by atoms with van der Waals surface area (Å²) >= 11 is 0. The van der Waals surface area contributed by atoms with E-state index < -0.39 is 20.0 Å². The monoisotopic (exact) mass is 365 g/mol. The van der Waals surface area contributed by atoms with Crippen molar-refractivity contribution in [2.75, 3.05) is 6.61 Å². The van der Waals surface area contributed by atoms with Crippen LogP contribution in [-0.4, -0.2) is 32.7 Å². The van der Waals surface area contributed by atoms with Crippen molar-refractivity contribution in [2.45, 2.75) is 77.7 Å². The van der Waals surface area contributed by atoms with Crippen molar-refractivity contribution in [1.29, 1.82) is 0 Å². The molecule has 25 heavy (non-hydrogen) atoms. The molecule has 0 aliphatic carbocycles. The van der Waals surface area contributed by atoms with Crippen molar-refractivity contribution < 1.29 is 14.0 Å². The number of hydrogen-bond donors (Lipinski definition) is 1. The Morgan fingerprint density at radius 2 is 1.64 bits per heavy atom. The summed E-state index contributed by atoms with van der Waals surface area (Å²) < 4.78 is 11.7. The summed E-state index contributed by atoms with van der Waals surface area (Å²) in [6, 6.07) is 10.0. The number of hydrogen-bond acceptors (Lipinski definition) is 3. The topological polar surface area (TPSA) is 47.6 Å². The quantitative estimate of drug-likeness (QED) is 0.710. The van der Waals surface area contributed by atoms with Crippen molar-refractivity contribution in [3.05, 3.63) is 35.9 Å². The summed E-state index contributed by atoms with van der Waals surface area (Å²) in [5, 5.41) is 3.12. The van der Waals surface area contributed by atoms with E-state index in [2.05, 4.69) is 51.3 Å². The first-order chi connectivity index (χ1) is 11.3. The van der Waals surface area contributed by atoms with Gasteiger partial charge in [0, 0.05) is 0 Å². The van der Waals surface area contributed by atoms with Gasteiger partial charge in [0.1, 0.15) is 5.60 Å². The maximum absolute atomic E-state index is 12.2. The van der Waals surface area contributed by atoms with Gasteiger partial charge in [-0.15, -0.1) is 0 Å². The normalized spacial score (nSPS) is 14.1. The lowest BCUT2D eigenvalue weighted by Crippen LogP contribution is -2.48. The van der Waals surface area contributed by atoms with E-state index in [0.717, 1.165) is 0 Å². The lowest BCUT2D eigenvalue weighted by molar-refractivity contribution is 0.0485. The van der Waals surface area contributed by atoms with Crippen LogP contribution in [0.3, 0.4) is 0 Å². The van der Waals surface area contributed by atoms with Crippen molar-refractivity contribution in [1.82, 2.24) is 5.32 Å². The number of rotatable bonds is 6.